The van der Waals surface area contributed by atoms with E-state index < -0.39 is 23.4 Å². The average Bonchev–Trinajstić information content (AvgIpc) is 2.88. The fraction of sp³-hybridized carbons (Fsp3) is 0.269. The Hall–Kier alpha value is -4.05. The minimum Gasteiger partial charge on any atom is -0.491 e. The normalized spacial score (nSPS) is 13.6. The predicted octanol–water partition coefficient (Wildman–Crippen LogP) is 4.59. The fourth-order valence-electron chi connectivity index (χ4n) is 3.77. The lowest BCUT2D eigenvalue weighted by Gasteiger charge is -2.29. The van der Waals surface area contributed by atoms with E-state index in [1.54, 1.807) is 19.2 Å². The van der Waals surface area contributed by atoms with Crippen molar-refractivity contribution in [1.82, 2.24) is 9.97 Å². The lowest BCUT2D eigenvalue weighted by atomic mass is 10.0. The highest BCUT2D eigenvalue weighted by Crippen LogP contribution is 2.32. The van der Waals surface area contributed by atoms with Gasteiger partial charge in [-0.15, -0.1) is 0 Å². The van der Waals surface area contributed by atoms with Crippen molar-refractivity contribution in [2.45, 2.75) is 6.92 Å². The van der Waals surface area contributed by atoms with Crippen LogP contribution in [0, 0.1) is 11.6 Å². The molecule has 1 aliphatic heterocycles. The van der Waals surface area contributed by atoms with E-state index in [4.69, 9.17) is 14.2 Å². The number of anilines is 3. The molecular weight excluding hydrogens is 470 g/mol. The number of aromatic nitrogens is 2. The quantitative estimate of drug-likeness (QED) is 0.358. The number of ether oxygens (including phenoxy) is 3. The number of carbonyl (C=O) groups excluding carboxylic acids is 1. The molecule has 1 aromatic heterocycles. The molecule has 4 rings (SSSR count). The highest BCUT2D eigenvalue weighted by atomic mass is 19.1. The summed E-state index contributed by atoms with van der Waals surface area (Å²) in [5.74, 6) is -1.71. The minimum atomic E-state index is -0.835. The van der Waals surface area contributed by atoms with Crippen LogP contribution in [0.1, 0.15) is 12.5 Å². The van der Waals surface area contributed by atoms with E-state index >= 15 is 0 Å². The molecule has 1 aliphatic rings. The Morgan fingerprint density at radius 2 is 1.94 bits per heavy atom. The maximum absolute atomic E-state index is 14.2. The lowest BCUT2D eigenvalue weighted by Crippen LogP contribution is -2.37. The number of carbonyl (C=O) groups is 1. The van der Waals surface area contributed by atoms with Gasteiger partial charge < -0.3 is 24.4 Å². The molecule has 2 heterocycles. The Morgan fingerprint density at radius 3 is 2.64 bits per heavy atom. The van der Waals surface area contributed by atoms with Crippen LogP contribution < -0.4 is 15.0 Å². The first-order valence-electron chi connectivity index (χ1n) is 11.4. The standard InChI is InChI=1S/C26H26F2N4O4/c1-3-36-23(33)8-7-17-5-4-6-18(13-17)20-16-29-26(31-25(20)32-9-11-35-12-10-32)30-19-14-21(27)24(34-2)22(28)15-19/h4-8,13-16H,3,9-12H2,1-2H3,(H,29,30,31)/b8-7+. The van der Waals surface area contributed by atoms with Crippen molar-refractivity contribution in [3.63, 3.8) is 0 Å². The molecule has 10 heteroatoms. The van der Waals surface area contributed by atoms with Gasteiger partial charge in [0.05, 0.1) is 26.9 Å². The zero-order chi connectivity index (χ0) is 25.5. The molecule has 1 N–H and O–H groups in total. The molecule has 2 aromatic carbocycles. The van der Waals surface area contributed by atoms with E-state index in [2.05, 4.69) is 20.2 Å². The van der Waals surface area contributed by atoms with Gasteiger partial charge in [-0.05, 0) is 30.2 Å². The number of rotatable bonds is 8. The van der Waals surface area contributed by atoms with Gasteiger partial charge in [-0.2, -0.15) is 4.98 Å². The molecule has 1 fully saturated rings. The van der Waals surface area contributed by atoms with E-state index in [9.17, 15) is 13.6 Å². The van der Waals surface area contributed by atoms with Gasteiger partial charge in [0.15, 0.2) is 17.4 Å². The van der Waals surface area contributed by atoms with Crippen molar-refractivity contribution in [2.75, 3.05) is 50.2 Å². The van der Waals surface area contributed by atoms with Gasteiger partial charge >= 0.3 is 5.97 Å². The van der Waals surface area contributed by atoms with Crippen molar-refractivity contribution < 1.29 is 27.8 Å². The topological polar surface area (TPSA) is 85.8 Å². The van der Waals surface area contributed by atoms with E-state index in [0.717, 1.165) is 28.8 Å². The number of esters is 1. The summed E-state index contributed by atoms with van der Waals surface area (Å²) < 4.78 is 43.5. The summed E-state index contributed by atoms with van der Waals surface area (Å²) in [6, 6.07) is 9.82. The Labute approximate surface area is 207 Å². The molecule has 0 aliphatic carbocycles. The summed E-state index contributed by atoms with van der Waals surface area (Å²) in [6.07, 6.45) is 4.71. The van der Waals surface area contributed by atoms with Crippen LogP contribution in [0.2, 0.25) is 0 Å². The monoisotopic (exact) mass is 496 g/mol. The molecule has 0 bridgehead atoms. The third-order valence-electron chi connectivity index (χ3n) is 5.43. The van der Waals surface area contributed by atoms with Crippen LogP contribution in [0.5, 0.6) is 5.75 Å². The molecule has 0 radical (unpaired) electrons. The summed E-state index contributed by atoms with van der Waals surface area (Å²) in [7, 11) is 1.20. The van der Waals surface area contributed by atoms with Crippen LogP contribution >= 0.6 is 0 Å². The van der Waals surface area contributed by atoms with E-state index in [1.165, 1.54) is 13.2 Å². The minimum absolute atomic E-state index is 0.151. The van der Waals surface area contributed by atoms with Crippen molar-refractivity contribution in [1.29, 1.82) is 0 Å². The SMILES string of the molecule is CCOC(=O)/C=C/c1cccc(-c2cnc(Nc3cc(F)c(OC)c(F)c3)nc2N2CCOCC2)c1. The van der Waals surface area contributed by atoms with Gasteiger partial charge in [-0.1, -0.05) is 18.2 Å². The molecular formula is C26H26F2N4O4. The van der Waals surface area contributed by atoms with Crippen LogP contribution in [-0.4, -0.2) is 56.0 Å². The summed E-state index contributed by atoms with van der Waals surface area (Å²) >= 11 is 0. The zero-order valence-corrected chi connectivity index (χ0v) is 20.0. The molecule has 0 spiro atoms. The summed E-state index contributed by atoms with van der Waals surface area (Å²) in [5.41, 5.74) is 2.56. The second-order valence-corrected chi connectivity index (χ2v) is 7.84. The molecule has 1 saturated heterocycles. The van der Waals surface area contributed by atoms with Gasteiger partial charge in [0, 0.05) is 48.7 Å². The number of nitrogens with zero attached hydrogens (tertiary/aromatic N) is 3. The second-order valence-electron chi connectivity index (χ2n) is 7.84. The van der Waals surface area contributed by atoms with Crippen molar-refractivity contribution in [3.8, 4) is 16.9 Å². The number of hydrogen-bond donors (Lipinski definition) is 1. The first-order valence-corrected chi connectivity index (χ1v) is 11.4. The smallest absolute Gasteiger partial charge is 0.330 e. The van der Waals surface area contributed by atoms with E-state index in [-0.39, 0.29) is 11.6 Å². The third-order valence-corrected chi connectivity index (χ3v) is 5.43. The number of methoxy groups -OCH3 is 1. The van der Waals surface area contributed by atoms with Gasteiger partial charge in [-0.25, -0.2) is 18.6 Å². The number of morpholine rings is 1. The van der Waals surface area contributed by atoms with E-state index in [0.29, 0.717) is 38.7 Å². The number of benzene rings is 2. The number of nitrogens with one attached hydrogen (secondary N) is 1. The highest BCUT2D eigenvalue weighted by Gasteiger charge is 2.20. The third kappa shape index (κ3) is 5.95. The Bertz CT molecular complexity index is 1240. The largest absolute Gasteiger partial charge is 0.491 e. The van der Waals surface area contributed by atoms with Crippen LogP contribution in [0.3, 0.4) is 0 Å². The molecule has 3 aromatic rings. The Balaban J connectivity index is 1.68. The summed E-state index contributed by atoms with van der Waals surface area (Å²) in [6.45, 7) is 4.39. The van der Waals surface area contributed by atoms with Crippen molar-refractivity contribution in [3.05, 3.63) is 65.9 Å². The second kappa shape index (κ2) is 11.6. The molecule has 188 valence electrons. The number of hydrogen-bond acceptors (Lipinski definition) is 8. The van der Waals surface area contributed by atoms with Gasteiger partial charge in [0.25, 0.3) is 0 Å². The first kappa shape index (κ1) is 25.1. The van der Waals surface area contributed by atoms with Gasteiger partial charge in [-0.3, -0.25) is 0 Å². The number of halogens is 2. The average molecular weight is 497 g/mol. The maximum atomic E-state index is 14.2. The van der Waals surface area contributed by atoms with E-state index in [1.807, 2.05) is 24.3 Å². The predicted molar refractivity (Wildman–Crippen MR) is 132 cm³/mol. The zero-order valence-electron chi connectivity index (χ0n) is 20.0. The lowest BCUT2D eigenvalue weighted by molar-refractivity contribution is -0.137. The Kier molecular flexibility index (Phi) is 8.06. The Morgan fingerprint density at radius 1 is 1.19 bits per heavy atom. The summed E-state index contributed by atoms with van der Waals surface area (Å²) in [5, 5.41) is 2.87. The van der Waals surface area contributed by atoms with Crippen molar-refractivity contribution in [2.24, 2.45) is 0 Å². The first-order chi connectivity index (χ1) is 17.5. The van der Waals surface area contributed by atoms with Crippen LogP contribution in [-0.2, 0) is 14.3 Å². The molecule has 36 heavy (non-hydrogen) atoms. The van der Waals surface area contributed by atoms with Crippen LogP contribution in [0.4, 0.5) is 26.2 Å². The van der Waals surface area contributed by atoms with Crippen molar-refractivity contribution >= 4 is 29.5 Å². The van der Waals surface area contributed by atoms with Crippen LogP contribution in [0.25, 0.3) is 17.2 Å². The maximum Gasteiger partial charge on any atom is 0.330 e. The highest BCUT2D eigenvalue weighted by molar-refractivity contribution is 5.87. The molecule has 0 amide bonds. The fourth-order valence-corrected chi connectivity index (χ4v) is 3.77. The molecule has 0 unspecified atom stereocenters. The summed E-state index contributed by atoms with van der Waals surface area (Å²) in [4.78, 5) is 22.8. The molecule has 0 atom stereocenters. The molecule has 8 nitrogen and oxygen atoms in total. The van der Waals surface area contributed by atoms with Gasteiger partial charge in [0.2, 0.25) is 5.95 Å². The molecule has 0 saturated carbocycles. The van der Waals surface area contributed by atoms with Crippen LogP contribution in [0.15, 0.2) is 48.7 Å². The van der Waals surface area contributed by atoms with Gasteiger partial charge in [0.1, 0.15) is 5.82 Å².